The quantitative estimate of drug-likeness (QED) is 0.359. The molecule has 0 saturated carbocycles. The summed E-state index contributed by atoms with van der Waals surface area (Å²) in [6, 6.07) is 4.59. The molecule has 1 aliphatic heterocycles. The van der Waals surface area contributed by atoms with Crippen LogP contribution in [0.2, 0.25) is 0 Å². The number of hydrogen-bond acceptors (Lipinski definition) is 8. The summed E-state index contributed by atoms with van der Waals surface area (Å²) in [6.07, 6.45) is 0.730. The van der Waals surface area contributed by atoms with Crippen molar-refractivity contribution in [2.24, 2.45) is 0 Å². The van der Waals surface area contributed by atoms with E-state index >= 15 is 0 Å². The van der Waals surface area contributed by atoms with Crippen molar-refractivity contribution in [2.45, 2.75) is 52.7 Å². The number of carbonyl (C=O) groups excluding carboxylic acids is 2. The number of benzene rings is 1. The number of nitrogens with zero attached hydrogens (tertiary/aromatic N) is 3. The standard InChI is InChI=1S/C21H31N3O6/c1-6-23(12-11-22-10-9-17(14-22)29-15(2)25)16-7-8-18(19(13-16)24(27)28)20(26)30-21(3,4)5/h7-8,13,17H,6,9-12,14H2,1-5H3/t17-/m1/s1. The Kier molecular flexibility index (Phi) is 7.77. The molecule has 0 bridgehead atoms. The fraction of sp³-hybridized carbons (Fsp3) is 0.619. The molecule has 1 fully saturated rings. The number of likely N-dealkylation sites (tertiary alicyclic amines) is 1. The third kappa shape index (κ3) is 6.69. The summed E-state index contributed by atoms with van der Waals surface area (Å²) in [4.78, 5) is 38.7. The average molecular weight is 421 g/mol. The van der Waals surface area contributed by atoms with Crippen molar-refractivity contribution in [1.82, 2.24) is 4.90 Å². The molecule has 1 heterocycles. The minimum absolute atomic E-state index is 0.0569. The minimum Gasteiger partial charge on any atom is -0.461 e. The molecule has 1 aromatic carbocycles. The summed E-state index contributed by atoms with van der Waals surface area (Å²) in [7, 11) is 0. The number of esters is 2. The summed E-state index contributed by atoms with van der Waals surface area (Å²) in [6.45, 7) is 12.1. The second kappa shape index (κ2) is 9.88. The van der Waals surface area contributed by atoms with Crippen LogP contribution in [0.3, 0.4) is 0 Å². The molecule has 0 aliphatic carbocycles. The lowest BCUT2D eigenvalue weighted by Gasteiger charge is -2.26. The van der Waals surface area contributed by atoms with Crippen molar-refractivity contribution in [3.05, 3.63) is 33.9 Å². The van der Waals surface area contributed by atoms with Gasteiger partial charge in [0.2, 0.25) is 0 Å². The second-order valence-corrected chi connectivity index (χ2v) is 8.36. The number of carbonyl (C=O) groups is 2. The van der Waals surface area contributed by atoms with Gasteiger partial charge in [-0.25, -0.2) is 4.79 Å². The summed E-state index contributed by atoms with van der Waals surface area (Å²) in [5.74, 6) is -0.980. The van der Waals surface area contributed by atoms with Gasteiger partial charge in [-0.1, -0.05) is 0 Å². The van der Waals surface area contributed by atoms with Crippen molar-refractivity contribution in [1.29, 1.82) is 0 Å². The van der Waals surface area contributed by atoms with E-state index in [4.69, 9.17) is 9.47 Å². The van der Waals surface area contributed by atoms with Gasteiger partial charge in [-0.3, -0.25) is 19.8 Å². The lowest BCUT2D eigenvalue weighted by atomic mass is 10.1. The van der Waals surface area contributed by atoms with E-state index in [2.05, 4.69) is 4.90 Å². The maximum absolute atomic E-state index is 12.4. The Morgan fingerprint density at radius 1 is 1.33 bits per heavy atom. The minimum atomic E-state index is -0.737. The van der Waals surface area contributed by atoms with Crippen molar-refractivity contribution >= 4 is 23.3 Å². The summed E-state index contributed by atoms with van der Waals surface area (Å²) in [5, 5.41) is 11.6. The second-order valence-electron chi connectivity index (χ2n) is 8.36. The van der Waals surface area contributed by atoms with Crippen molar-refractivity contribution < 1.29 is 24.0 Å². The number of hydrogen-bond donors (Lipinski definition) is 0. The molecule has 0 radical (unpaired) electrons. The molecule has 1 saturated heterocycles. The first-order chi connectivity index (χ1) is 14.0. The van der Waals surface area contributed by atoms with Gasteiger partial charge in [-0.15, -0.1) is 0 Å². The highest BCUT2D eigenvalue weighted by Gasteiger charge is 2.27. The van der Waals surface area contributed by atoms with Crippen LogP contribution in [0.4, 0.5) is 11.4 Å². The van der Waals surface area contributed by atoms with Crippen LogP contribution in [0.15, 0.2) is 18.2 Å². The average Bonchev–Trinajstić information content (AvgIpc) is 3.07. The molecule has 9 nitrogen and oxygen atoms in total. The molecule has 166 valence electrons. The number of rotatable bonds is 8. The SMILES string of the molecule is CCN(CCN1CC[C@@H](OC(C)=O)C1)c1ccc(C(=O)OC(C)(C)C)c([N+](=O)[O-])c1. The first-order valence-electron chi connectivity index (χ1n) is 10.2. The van der Waals surface area contributed by atoms with Crippen LogP contribution in [0.1, 0.15) is 51.4 Å². The van der Waals surface area contributed by atoms with E-state index in [1.54, 1.807) is 26.8 Å². The Hall–Kier alpha value is -2.68. The zero-order chi connectivity index (χ0) is 22.5. The summed E-state index contributed by atoms with van der Waals surface area (Å²) >= 11 is 0. The molecule has 1 aliphatic rings. The molecule has 1 aromatic rings. The van der Waals surface area contributed by atoms with Gasteiger partial charge in [-0.2, -0.15) is 0 Å². The number of nitro groups is 1. The molecule has 9 heteroatoms. The van der Waals surface area contributed by atoms with Gasteiger partial charge in [-0.05, 0) is 46.2 Å². The van der Waals surface area contributed by atoms with E-state index in [-0.39, 0.29) is 23.3 Å². The van der Waals surface area contributed by atoms with Crippen molar-refractivity contribution in [3.63, 3.8) is 0 Å². The van der Waals surface area contributed by atoms with E-state index < -0.39 is 16.5 Å². The molecule has 1 atom stereocenters. The van der Waals surface area contributed by atoms with Gasteiger partial charge in [0.1, 0.15) is 17.3 Å². The highest BCUT2D eigenvalue weighted by Crippen LogP contribution is 2.28. The smallest absolute Gasteiger partial charge is 0.345 e. The van der Waals surface area contributed by atoms with Gasteiger partial charge < -0.3 is 14.4 Å². The van der Waals surface area contributed by atoms with E-state index in [0.717, 1.165) is 19.5 Å². The largest absolute Gasteiger partial charge is 0.461 e. The van der Waals surface area contributed by atoms with Crippen LogP contribution < -0.4 is 4.90 Å². The number of ether oxygens (including phenoxy) is 2. The fourth-order valence-corrected chi connectivity index (χ4v) is 3.44. The van der Waals surface area contributed by atoms with Gasteiger partial charge in [0.05, 0.1) is 4.92 Å². The lowest BCUT2D eigenvalue weighted by Crippen LogP contribution is -2.35. The van der Waals surface area contributed by atoms with E-state index in [9.17, 15) is 19.7 Å². The third-order valence-electron chi connectivity index (χ3n) is 4.79. The van der Waals surface area contributed by atoms with Crippen molar-refractivity contribution in [2.75, 3.05) is 37.6 Å². The molecule has 0 N–H and O–H groups in total. The normalized spacial score (nSPS) is 16.9. The number of likely N-dealkylation sites (N-methyl/N-ethyl adjacent to an activating group) is 1. The highest BCUT2D eigenvalue weighted by molar-refractivity contribution is 5.95. The Morgan fingerprint density at radius 3 is 2.60 bits per heavy atom. The number of anilines is 1. The van der Waals surface area contributed by atoms with Crippen LogP contribution >= 0.6 is 0 Å². The fourth-order valence-electron chi connectivity index (χ4n) is 3.44. The molecule has 0 amide bonds. The predicted octanol–water partition coefficient (Wildman–Crippen LogP) is 3.01. The van der Waals surface area contributed by atoms with E-state index in [0.29, 0.717) is 25.3 Å². The maximum atomic E-state index is 12.4. The maximum Gasteiger partial charge on any atom is 0.345 e. The Morgan fingerprint density at radius 2 is 2.03 bits per heavy atom. The van der Waals surface area contributed by atoms with Crippen LogP contribution in [0, 0.1) is 10.1 Å². The predicted molar refractivity (Wildman–Crippen MR) is 113 cm³/mol. The van der Waals surface area contributed by atoms with E-state index in [1.165, 1.54) is 19.1 Å². The third-order valence-corrected chi connectivity index (χ3v) is 4.79. The van der Waals surface area contributed by atoms with Crippen LogP contribution in [-0.4, -0.2) is 66.2 Å². The topological polar surface area (TPSA) is 102 Å². The summed E-state index contributed by atoms with van der Waals surface area (Å²) in [5.41, 5.74) is -0.388. The first kappa shape index (κ1) is 23.6. The molecular formula is C21H31N3O6. The van der Waals surface area contributed by atoms with Crippen LogP contribution in [0.25, 0.3) is 0 Å². The Labute approximate surface area is 177 Å². The first-order valence-corrected chi connectivity index (χ1v) is 10.2. The van der Waals surface area contributed by atoms with E-state index in [1.807, 2.05) is 11.8 Å². The number of nitro benzene ring substituents is 1. The van der Waals surface area contributed by atoms with Crippen molar-refractivity contribution in [3.8, 4) is 0 Å². The molecule has 30 heavy (non-hydrogen) atoms. The molecule has 2 rings (SSSR count). The molecular weight excluding hydrogens is 390 g/mol. The van der Waals surface area contributed by atoms with Crippen LogP contribution in [-0.2, 0) is 14.3 Å². The molecule has 0 unspecified atom stereocenters. The van der Waals surface area contributed by atoms with Gasteiger partial charge in [0, 0.05) is 51.4 Å². The molecule has 0 spiro atoms. The Balaban J connectivity index is 2.09. The monoisotopic (exact) mass is 421 g/mol. The summed E-state index contributed by atoms with van der Waals surface area (Å²) < 4.78 is 10.6. The van der Waals surface area contributed by atoms with Gasteiger partial charge in [0.15, 0.2) is 0 Å². The van der Waals surface area contributed by atoms with Crippen LogP contribution in [0.5, 0.6) is 0 Å². The molecule has 0 aromatic heterocycles. The lowest BCUT2D eigenvalue weighted by molar-refractivity contribution is -0.385. The highest BCUT2D eigenvalue weighted by atomic mass is 16.6. The van der Waals surface area contributed by atoms with Gasteiger partial charge >= 0.3 is 11.9 Å². The zero-order valence-electron chi connectivity index (χ0n) is 18.3. The Bertz CT molecular complexity index is 789. The van der Waals surface area contributed by atoms with Gasteiger partial charge in [0.25, 0.3) is 5.69 Å². The zero-order valence-corrected chi connectivity index (χ0v) is 18.3.